The number of benzene rings is 5. The highest BCUT2D eigenvalue weighted by Gasteiger charge is 2.44. The lowest BCUT2D eigenvalue weighted by molar-refractivity contribution is -0.140. The van der Waals surface area contributed by atoms with Crippen LogP contribution in [-0.4, -0.2) is 70.3 Å². The number of rotatable bonds is 17. The number of carbonyl (C=O) groups is 4. The molecule has 0 bridgehead atoms. The fourth-order valence-corrected chi connectivity index (χ4v) is 7.26. The number of para-hydroxylation sites is 2. The largest absolute Gasteiger partial charge is 0.445 e. The summed E-state index contributed by atoms with van der Waals surface area (Å²) in [5, 5.41) is 5.71. The molecule has 5 aromatic carbocycles. The molecule has 3 amide bonds. The van der Waals surface area contributed by atoms with Gasteiger partial charge in [-0.25, -0.2) is 14.8 Å². The van der Waals surface area contributed by atoms with Gasteiger partial charge in [0.2, 0.25) is 17.6 Å². The number of aromatic nitrogens is 1. The molecule has 1 aliphatic heterocycles. The molecule has 312 valence electrons. The predicted molar refractivity (Wildman–Crippen MR) is 229 cm³/mol. The third kappa shape index (κ3) is 11.5. The van der Waals surface area contributed by atoms with Crippen LogP contribution in [0.5, 0.6) is 0 Å². The van der Waals surface area contributed by atoms with Crippen molar-refractivity contribution < 1.29 is 33.1 Å². The van der Waals surface area contributed by atoms with E-state index in [1.807, 2.05) is 91.0 Å². The van der Waals surface area contributed by atoms with Gasteiger partial charge >= 0.3 is 6.09 Å². The number of nitrogens with zero attached hydrogens (tertiary/aromatic N) is 3. The first kappa shape index (κ1) is 41.8. The summed E-state index contributed by atoms with van der Waals surface area (Å²) >= 11 is 0. The summed E-state index contributed by atoms with van der Waals surface area (Å²) in [5.74, 6) is -1.99. The van der Waals surface area contributed by atoms with Gasteiger partial charge < -0.3 is 40.9 Å². The van der Waals surface area contributed by atoms with Crippen molar-refractivity contribution in [1.82, 2.24) is 20.5 Å². The molecule has 1 aliphatic rings. The number of nitrogens with two attached hydrogens (primary N) is 2. The summed E-state index contributed by atoms with van der Waals surface area (Å²) in [5.41, 5.74) is 15.9. The van der Waals surface area contributed by atoms with Gasteiger partial charge in [0, 0.05) is 19.4 Å². The van der Waals surface area contributed by atoms with Gasteiger partial charge in [-0.05, 0) is 59.4 Å². The minimum Gasteiger partial charge on any atom is -0.445 e. The predicted octanol–water partition coefficient (Wildman–Crippen LogP) is 5.76. The number of aryl methyl sites for hydroxylation is 1. The molecule has 14 nitrogen and oxygen atoms in total. The molecule has 6 aromatic rings. The van der Waals surface area contributed by atoms with Crippen molar-refractivity contribution in [2.45, 2.75) is 63.1 Å². The second-order valence-electron chi connectivity index (χ2n) is 14.8. The van der Waals surface area contributed by atoms with Crippen molar-refractivity contribution in [3.63, 3.8) is 0 Å². The number of hydrogen-bond donors (Lipinski definition) is 4. The minimum absolute atomic E-state index is 0.000777. The van der Waals surface area contributed by atoms with Crippen LogP contribution in [0, 0.1) is 0 Å². The summed E-state index contributed by atoms with van der Waals surface area (Å²) in [7, 11) is 0. The van der Waals surface area contributed by atoms with Gasteiger partial charge in [0.15, 0.2) is 11.5 Å². The average Bonchev–Trinajstić information content (AvgIpc) is 3.92. The number of oxazole rings is 1. The monoisotopic (exact) mass is 821 g/mol. The van der Waals surface area contributed by atoms with Crippen LogP contribution >= 0.6 is 0 Å². The van der Waals surface area contributed by atoms with Crippen LogP contribution in [0.2, 0.25) is 0 Å². The number of alkyl carbamates (subject to hydrolysis) is 1. The van der Waals surface area contributed by atoms with E-state index in [-0.39, 0.29) is 50.9 Å². The standard InChI is InChI=1S/C47H47N7O7/c48-46(49)50-35-20-12-19-34(25-35)26-39(42(55)44-52-37-21-10-11-22-41(37)61-44)51-43(56)40-27-36(59-29-32-15-6-2-7-16-32)28-54(40)45(57)38(24-23-31-13-4-1-5-14-31)53-47(58)60-30-33-17-8-3-9-18-33/h1-22,25,36,38-40H,23-24,26-30H2,(H,51,56)(H,53,58)(H4,48,49,50)/t36-,38-,39+,40+/m1/s1. The number of guanidine groups is 1. The van der Waals surface area contributed by atoms with Gasteiger partial charge in [-0.3, -0.25) is 14.4 Å². The molecule has 7 rings (SSSR count). The number of Topliss-reactive ketones (excluding diaryl/α,β-unsaturated/α-hetero) is 1. The molecule has 1 fully saturated rings. The first-order valence-electron chi connectivity index (χ1n) is 20.0. The lowest BCUT2D eigenvalue weighted by Gasteiger charge is -2.29. The smallest absolute Gasteiger partial charge is 0.408 e. The fraction of sp³-hybridized carbons (Fsp3) is 0.234. The molecule has 0 spiro atoms. The molecule has 2 heterocycles. The van der Waals surface area contributed by atoms with E-state index in [0.717, 1.165) is 16.7 Å². The minimum atomic E-state index is -1.18. The van der Waals surface area contributed by atoms with E-state index in [4.69, 9.17) is 25.4 Å². The maximum absolute atomic E-state index is 14.8. The van der Waals surface area contributed by atoms with Crippen molar-refractivity contribution in [1.29, 1.82) is 0 Å². The Kier molecular flexibility index (Phi) is 13.8. The fourth-order valence-electron chi connectivity index (χ4n) is 7.26. The first-order valence-corrected chi connectivity index (χ1v) is 20.0. The van der Waals surface area contributed by atoms with Crippen LogP contribution in [0.4, 0.5) is 10.5 Å². The maximum atomic E-state index is 14.8. The van der Waals surface area contributed by atoms with E-state index in [1.54, 1.807) is 48.5 Å². The van der Waals surface area contributed by atoms with Gasteiger partial charge in [0.1, 0.15) is 30.2 Å². The zero-order valence-electron chi connectivity index (χ0n) is 33.4. The lowest BCUT2D eigenvalue weighted by Crippen LogP contribution is -2.55. The van der Waals surface area contributed by atoms with Crippen LogP contribution in [0.3, 0.4) is 0 Å². The van der Waals surface area contributed by atoms with Gasteiger partial charge in [-0.1, -0.05) is 115 Å². The molecule has 6 N–H and O–H groups in total. The normalized spacial score (nSPS) is 15.7. The number of aliphatic imine (C=N–C) groups is 1. The molecule has 14 heteroatoms. The highest BCUT2D eigenvalue weighted by atomic mass is 16.5. The topological polar surface area (TPSA) is 204 Å². The summed E-state index contributed by atoms with van der Waals surface area (Å²) in [6.07, 6.45) is -0.525. The molecular formula is C47H47N7O7. The number of carbonyl (C=O) groups excluding carboxylic acids is 4. The molecule has 0 aliphatic carbocycles. The quantitative estimate of drug-likeness (QED) is 0.0498. The van der Waals surface area contributed by atoms with Crippen molar-refractivity contribution in [2.24, 2.45) is 16.5 Å². The molecule has 1 aromatic heterocycles. The Morgan fingerprint density at radius 1 is 0.754 bits per heavy atom. The summed E-state index contributed by atoms with van der Waals surface area (Å²) in [6, 6.07) is 38.9. The highest BCUT2D eigenvalue weighted by molar-refractivity contribution is 6.01. The first-order chi connectivity index (χ1) is 29.7. The van der Waals surface area contributed by atoms with Crippen molar-refractivity contribution >= 4 is 46.4 Å². The molecular weight excluding hydrogens is 775 g/mol. The zero-order chi connectivity index (χ0) is 42.6. The van der Waals surface area contributed by atoms with Crippen LogP contribution < -0.4 is 22.1 Å². The van der Waals surface area contributed by atoms with Crippen LogP contribution in [-0.2, 0) is 45.1 Å². The Morgan fingerprint density at radius 3 is 2.08 bits per heavy atom. The van der Waals surface area contributed by atoms with Gasteiger partial charge in [-0.15, -0.1) is 0 Å². The summed E-state index contributed by atoms with van der Waals surface area (Å²) in [4.78, 5) is 67.0. The Labute approximate surface area is 352 Å². The Hall–Kier alpha value is -7.32. The number of hydrogen-bond acceptors (Lipinski definition) is 9. The zero-order valence-corrected chi connectivity index (χ0v) is 33.4. The maximum Gasteiger partial charge on any atom is 0.408 e. The third-order valence-corrected chi connectivity index (χ3v) is 10.3. The second kappa shape index (κ2) is 20.1. The summed E-state index contributed by atoms with van der Waals surface area (Å²) < 4.78 is 17.7. The highest BCUT2D eigenvalue weighted by Crippen LogP contribution is 2.26. The molecule has 0 saturated carbocycles. The van der Waals surface area contributed by atoms with E-state index < -0.39 is 47.9 Å². The van der Waals surface area contributed by atoms with Crippen LogP contribution in [0.1, 0.15) is 45.8 Å². The number of nitrogens with one attached hydrogen (secondary N) is 2. The molecule has 1 saturated heterocycles. The number of fused-ring (bicyclic) bond motifs is 1. The second-order valence-corrected chi connectivity index (χ2v) is 14.8. The Morgan fingerprint density at radius 2 is 1.39 bits per heavy atom. The number of ketones is 1. The molecule has 4 atom stereocenters. The van der Waals surface area contributed by atoms with E-state index >= 15 is 0 Å². The van der Waals surface area contributed by atoms with Gasteiger partial charge in [-0.2, -0.15) is 0 Å². The van der Waals surface area contributed by atoms with E-state index in [0.29, 0.717) is 28.8 Å². The lowest BCUT2D eigenvalue weighted by atomic mass is 10.0. The van der Waals surface area contributed by atoms with Gasteiger partial charge in [0.05, 0.1) is 18.4 Å². The Balaban J connectivity index is 1.16. The van der Waals surface area contributed by atoms with Gasteiger partial charge in [0.25, 0.3) is 5.89 Å². The SMILES string of the molecule is NC(N)=Nc1cccc(C[C@H](NC(=O)[C@@H]2C[C@@H](OCc3ccccc3)CN2C(=O)[C@@H](CCc2ccccc2)NC(=O)OCc2ccccc2)C(=O)c2nc3ccccc3o2)c1. The molecule has 61 heavy (non-hydrogen) atoms. The number of amides is 3. The van der Waals surface area contributed by atoms with Crippen molar-refractivity contribution in [3.05, 3.63) is 168 Å². The van der Waals surface area contributed by atoms with E-state index in [2.05, 4.69) is 20.6 Å². The van der Waals surface area contributed by atoms with E-state index in [9.17, 15) is 19.2 Å². The average molecular weight is 822 g/mol. The summed E-state index contributed by atoms with van der Waals surface area (Å²) in [6.45, 7) is 0.297. The molecule has 0 radical (unpaired) electrons. The number of likely N-dealkylation sites (tertiary alicyclic amines) is 1. The van der Waals surface area contributed by atoms with Crippen molar-refractivity contribution in [2.75, 3.05) is 6.54 Å². The van der Waals surface area contributed by atoms with Crippen LogP contribution in [0.25, 0.3) is 11.1 Å². The van der Waals surface area contributed by atoms with Crippen molar-refractivity contribution in [3.8, 4) is 0 Å². The third-order valence-electron chi connectivity index (χ3n) is 10.3. The van der Waals surface area contributed by atoms with E-state index in [1.165, 1.54) is 4.90 Å². The number of ether oxygens (including phenoxy) is 2. The van der Waals surface area contributed by atoms with Crippen LogP contribution in [0.15, 0.2) is 149 Å². The Bertz CT molecular complexity index is 2420. The molecule has 0 unspecified atom stereocenters.